The van der Waals surface area contributed by atoms with Gasteiger partial charge in [-0.15, -0.1) is 4.52 Å². The lowest BCUT2D eigenvalue weighted by Gasteiger charge is -2.08. The van der Waals surface area contributed by atoms with Crippen molar-refractivity contribution < 1.29 is 28.2 Å². The van der Waals surface area contributed by atoms with E-state index in [0.717, 1.165) is 50.7 Å². The Morgan fingerprint density at radius 3 is 2.10 bits per heavy atom. The standard InChI is InChI=1S/C20H38N3O6PS/c1-30(27)29-15-9-4-3-7-13-23-20(26)28-16-14-22-18(24)10-6-5-8-12-21-19(25)11-17-31-2/h3-17H2,1-2H3,(H2-,21,22,23,24,25,26)/p+1. The van der Waals surface area contributed by atoms with Crippen molar-refractivity contribution in [3.63, 3.8) is 0 Å². The second kappa shape index (κ2) is 21.8. The van der Waals surface area contributed by atoms with Gasteiger partial charge in [0.05, 0.1) is 6.54 Å². The molecule has 9 nitrogen and oxygen atoms in total. The summed E-state index contributed by atoms with van der Waals surface area (Å²) in [6.45, 7) is 3.64. The van der Waals surface area contributed by atoms with Gasteiger partial charge in [0.1, 0.15) is 13.2 Å². The van der Waals surface area contributed by atoms with Gasteiger partial charge in [0.2, 0.25) is 11.8 Å². The molecule has 0 radical (unpaired) electrons. The number of hydrogen-bond donors (Lipinski definition) is 3. The van der Waals surface area contributed by atoms with Crippen LogP contribution in [-0.2, 0) is 23.4 Å². The van der Waals surface area contributed by atoms with Crippen LogP contribution in [-0.4, -0.2) is 69.4 Å². The van der Waals surface area contributed by atoms with Crippen LogP contribution in [0, 0.1) is 0 Å². The number of carbonyl (C=O) groups is 3. The van der Waals surface area contributed by atoms with Gasteiger partial charge >= 0.3 is 14.1 Å². The SMILES string of the molecule is CSCCC(=O)NCCCCCC(=O)NCCOC(=O)NCCCCCCO[P+](C)=O. The van der Waals surface area contributed by atoms with Crippen LogP contribution in [0.1, 0.15) is 57.8 Å². The third-order valence-corrected chi connectivity index (χ3v) is 5.37. The highest BCUT2D eigenvalue weighted by Crippen LogP contribution is 2.15. The van der Waals surface area contributed by atoms with Crippen LogP contribution in [0.3, 0.4) is 0 Å². The van der Waals surface area contributed by atoms with Crippen LogP contribution < -0.4 is 16.0 Å². The molecule has 0 saturated carbocycles. The lowest BCUT2D eigenvalue weighted by molar-refractivity contribution is -0.122. The Labute approximate surface area is 191 Å². The van der Waals surface area contributed by atoms with Crippen LogP contribution in [0.5, 0.6) is 0 Å². The largest absolute Gasteiger partial charge is 0.504 e. The van der Waals surface area contributed by atoms with Crippen LogP contribution in [0.15, 0.2) is 0 Å². The Morgan fingerprint density at radius 1 is 0.774 bits per heavy atom. The van der Waals surface area contributed by atoms with Crippen molar-refractivity contribution in [3.8, 4) is 0 Å². The molecular weight excluding hydrogens is 441 g/mol. The minimum absolute atomic E-state index is 0.0652. The highest BCUT2D eigenvalue weighted by molar-refractivity contribution is 7.98. The van der Waals surface area contributed by atoms with E-state index in [9.17, 15) is 18.9 Å². The monoisotopic (exact) mass is 480 g/mol. The molecule has 0 saturated heterocycles. The Hall–Kier alpha value is -1.38. The number of thioether (sulfide) groups is 1. The summed E-state index contributed by atoms with van der Waals surface area (Å²) in [5.74, 6) is 0.844. The first-order chi connectivity index (χ1) is 15.0. The quantitative estimate of drug-likeness (QED) is 0.181. The number of ether oxygens (including phenoxy) is 1. The fourth-order valence-electron chi connectivity index (χ4n) is 2.54. The zero-order valence-corrected chi connectivity index (χ0v) is 20.6. The Morgan fingerprint density at radius 2 is 1.39 bits per heavy atom. The van der Waals surface area contributed by atoms with Crippen molar-refractivity contribution in [1.82, 2.24) is 16.0 Å². The molecular formula is C20H39N3O6PS+. The van der Waals surface area contributed by atoms with Gasteiger partial charge in [-0.2, -0.15) is 11.8 Å². The maximum absolute atomic E-state index is 11.7. The van der Waals surface area contributed by atoms with E-state index in [1.165, 1.54) is 6.66 Å². The van der Waals surface area contributed by atoms with Crippen molar-refractivity contribution >= 4 is 37.7 Å². The average molecular weight is 481 g/mol. The molecule has 3 amide bonds. The van der Waals surface area contributed by atoms with E-state index in [-0.39, 0.29) is 25.0 Å². The van der Waals surface area contributed by atoms with Crippen molar-refractivity contribution in [2.45, 2.75) is 57.8 Å². The summed E-state index contributed by atoms with van der Waals surface area (Å²) in [6, 6.07) is 0. The number of rotatable bonds is 20. The van der Waals surface area contributed by atoms with Crippen molar-refractivity contribution in [1.29, 1.82) is 0 Å². The zero-order chi connectivity index (χ0) is 23.2. The van der Waals surface area contributed by atoms with E-state index in [1.807, 2.05) is 6.26 Å². The Balaban J connectivity index is 3.39. The number of hydrogen-bond acceptors (Lipinski definition) is 7. The normalized spacial score (nSPS) is 11.0. The summed E-state index contributed by atoms with van der Waals surface area (Å²) < 4.78 is 20.8. The summed E-state index contributed by atoms with van der Waals surface area (Å²) >= 11 is 1.65. The molecule has 3 N–H and O–H groups in total. The molecule has 0 aliphatic heterocycles. The van der Waals surface area contributed by atoms with E-state index in [1.54, 1.807) is 11.8 Å². The molecule has 0 bridgehead atoms. The second-order valence-corrected chi connectivity index (χ2v) is 9.13. The maximum Gasteiger partial charge on any atom is 0.504 e. The van der Waals surface area contributed by atoms with Crippen molar-refractivity contribution in [3.05, 3.63) is 0 Å². The first-order valence-corrected chi connectivity index (χ1v) is 13.9. The third-order valence-electron chi connectivity index (χ3n) is 4.21. The molecule has 0 aromatic rings. The van der Waals surface area contributed by atoms with E-state index < -0.39 is 14.1 Å². The summed E-state index contributed by atoms with van der Waals surface area (Å²) in [5, 5.41) is 8.26. The molecule has 0 aromatic carbocycles. The van der Waals surface area contributed by atoms with Gasteiger partial charge in [0.25, 0.3) is 0 Å². The number of alkyl carbamates (subject to hydrolysis) is 1. The Bertz CT molecular complexity index is 525. The Kier molecular flexibility index (Phi) is 20.9. The van der Waals surface area contributed by atoms with Gasteiger partial charge in [0.15, 0.2) is 6.66 Å². The molecule has 31 heavy (non-hydrogen) atoms. The summed E-state index contributed by atoms with van der Waals surface area (Å²) in [7, 11) is -1.52. The number of amides is 3. The average Bonchev–Trinajstić information content (AvgIpc) is 2.73. The number of nitrogens with one attached hydrogen (secondary N) is 3. The summed E-state index contributed by atoms with van der Waals surface area (Å²) in [4.78, 5) is 34.7. The van der Waals surface area contributed by atoms with Crippen LogP contribution in [0.2, 0.25) is 0 Å². The molecule has 180 valence electrons. The van der Waals surface area contributed by atoms with Gasteiger partial charge in [-0.1, -0.05) is 19.3 Å². The topological polar surface area (TPSA) is 123 Å². The second-order valence-electron chi connectivity index (χ2n) is 7.00. The lowest BCUT2D eigenvalue weighted by Crippen LogP contribution is -2.31. The molecule has 1 unspecified atom stereocenters. The van der Waals surface area contributed by atoms with E-state index >= 15 is 0 Å². The lowest BCUT2D eigenvalue weighted by atomic mass is 10.2. The maximum atomic E-state index is 11.7. The molecule has 0 aliphatic rings. The summed E-state index contributed by atoms with van der Waals surface area (Å²) in [6.07, 6.45) is 8.55. The van der Waals surface area contributed by atoms with Gasteiger partial charge in [-0.3, -0.25) is 9.59 Å². The molecule has 0 spiro atoms. The molecule has 0 aliphatic carbocycles. The number of unbranched alkanes of at least 4 members (excludes halogenated alkanes) is 5. The minimum atomic E-state index is -1.52. The van der Waals surface area contributed by atoms with Gasteiger partial charge in [-0.25, -0.2) is 4.79 Å². The highest BCUT2D eigenvalue weighted by Gasteiger charge is 2.06. The van der Waals surface area contributed by atoms with E-state index in [2.05, 4.69) is 16.0 Å². The van der Waals surface area contributed by atoms with Crippen molar-refractivity contribution in [2.24, 2.45) is 0 Å². The molecule has 0 heterocycles. The minimum Gasteiger partial charge on any atom is -0.448 e. The molecule has 1 atom stereocenters. The fourth-order valence-corrected chi connectivity index (χ4v) is 3.31. The molecule has 0 rings (SSSR count). The van der Waals surface area contributed by atoms with Gasteiger partial charge in [0, 0.05) is 31.7 Å². The molecule has 11 heteroatoms. The highest BCUT2D eigenvalue weighted by atomic mass is 32.2. The van der Waals surface area contributed by atoms with Crippen LogP contribution in [0.25, 0.3) is 0 Å². The van der Waals surface area contributed by atoms with Crippen LogP contribution in [0.4, 0.5) is 4.79 Å². The molecule has 0 aromatic heterocycles. The molecule has 0 fully saturated rings. The third kappa shape index (κ3) is 23.1. The van der Waals surface area contributed by atoms with Crippen LogP contribution >= 0.6 is 19.8 Å². The first-order valence-electron chi connectivity index (χ1n) is 10.9. The smallest absolute Gasteiger partial charge is 0.448 e. The fraction of sp³-hybridized carbons (Fsp3) is 0.850. The first kappa shape index (κ1) is 29.6. The van der Waals surface area contributed by atoms with Gasteiger partial charge < -0.3 is 20.7 Å². The number of carbonyl (C=O) groups excluding carboxylic acids is 3. The zero-order valence-electron chi connectivity index (χ0n) is 18.9. The van der Waals surface area contributed by atoms with Crippen molar-refractivity contribution in [2.75, 3.05) is 51.5 Å². The predicted molar refractivity (Wildman–Crippen MR) is 125 cm³/mol. The predicted octanol–water partition coefficient (Wildman–Crippen LogP) is 3.21. The van der Waals surface area contributed by atoms with E-state index in [0.29, 0.717) is 32.5 Å². The van der Waals surface area contributed by atoms with E-state index in [4.69, 9.17) is 9.26 Å². The van der Waals surface area contributed by atoms with Gasteiger partial charge in [-0.05, 0) is 36.5 Å². The summed E-state index contributed by atoms with van der Waals surface area (Å²) in [5.41, 5.74) is 0.